The van der Waals surface area contributed by atoms with Crippen LogP contribution in [-0.2, 0) is 6.54 Å². The molecule has 1 aliphatic heterocycles. The molecule has 23 heavy (non-hydrogen) atoms. The lowest BCUT2D eigenvalue weighted by Gasteiger charge is -2.36. The van der Waals surface area contributed by atoms with Gasteiger partial charge in [-0.15, -0.1) is 0 Å². The summed E-state index contributed by atoms with van der Waals surface area (Å²) in [5.74, 6) is 2.06. The summed E-state index contributed by atoms with van der Waals surface area (Å²) in [6.07, 6.45) is 0. The Hall–Kier alpha value is -1.73. The van der Waals surface area contributed by atoms with Crippen molar-refractivity contribution >= 4 is 17.3 Å². The molecule has 1 fully saturated rings. The number of rotatable bonds is 5. The Labute approximate surface area is 143 Å². The van der Waals surface area contributed by atoms with Gasteiger partial charge in [0, 0.05) is 45.3 Å². The first-order valence-electron chi connectivity index (χ1n) is 7.61. The van der Waals surface area contributed by atoms with E-state index in [0.29, 0.717) is 11.5 Å². The Bertz CT molecular complexity index is 546. The van der Waals surface area contributed by atoms with Gasteiger partial charge in [0.2, 0.25) is 5.75 Å². The molecule has 1 saturated heterocycles. The molecule has 0 saturated carbocycles. The molecule has 0 amide bonds. The predicted octanol–water partition coefficient (Wildman–Crippen LogP) is 1.33. The lowest BCUT2D eigenvalue weighted by molar-refractivity contribution is 0.173. The van der Waals surface area contributed by atoms with Crippen LogP contribution in [0.3, 0.4) is 0 Å². The summed E-state index contributed by atoms with van der Waals surface area (Å²) in [5.41, 5.74) is 1.09. The second kappa shape index (κ2) is 8.21. The zero-order valence-electron chi connectivity index (χ0n) is 14.2. The van der Waals surface area contributed by atoms with Crippen LogP contribution in [0.15, 0.2) is 12.1 Å². The van der Waals surface area contributed by atoms with Crippen LogP contribution in [0.2, 0.25) is 0 Å². The SMILES string of the molecule is CNC(=S)N1CCN(Cc2ccc(OC)c(OC)c2OC)CC1. The number of nitrogens with one attached hydrogen (secondary N) is 1. The van der Waals surface area contributed by atoms with Crippen LogP contribution in [0.25, 0.3) is 0 Å². The molecule has 128 valence electrons. The number of thiocarbonyl (C=S) groups is 1. The van der Waals surface area contributed by atoms with E-state index in [1.54, 1.807) is 21.3 Å². The smallest absolute Gasteiger partial charge is 0.203 e. The molecule has 1 aromatic rings. The van der Waals surface area contributed by atoms with Crippen molar-refractivity contribution in [2.24, 2.45) is 0 Å². The first-order chi connectivity index (χ1) is 11.1. The van der Waals surface area contributed by atoms with Gasteiger partial charge in [0.1, 0.15) is 0 Å². The fourth-order valence-electron chi connectivity index (χ4n) is 2.80. The summed E-state index contributed by atoms with van der Waals surface area (Å²) in [5, 5.41) is 3.85. The normalized spacial score (nSPS) is 15.2. The van der Waals surface area contributed by atoms with Gasteiger partial charge in [-0.05, 0) is 18.3 Å². The summed E-state index contributed by atoms with van der Waals surface area (Å²) in [4.78, 5) is 4.58. The average Bonchev–Trinajstić information content (AvgIpc) is 2.61. The maximum atomic E-state index is 5.56. The molecule has 0 spiro atoms. The summed E-state index contributed by atoms with van der Waals surface area (Å²) in [7, 11) is 6.77. The number of ether oxygens (including phenoxy) is 3. The standard InChI is InChI=1S/C16H25N3O3S/c1-17-16(23)19-9-7-18(8-10-19)11-12-5-6-13(20-2)15(22-4)14(12)21-3/h5-6H,7-11H2,1-4H3,(H,17,23). The summed E-state index contributed by atoms with van der Waals surface area (Å²) < 4.78 is 16.3. The van der Waals surface area contributed by atoms with Crippen LogP contribution in [0.4, 0.5) is 0 Å². The number of methoxy groups -OCH3 is 3. The highest BCUT2D eigenvalue weighted by Crippen LogP contribution is 2.40. The van der Waals surface area contributed by atoms with Gasteiger partial charge in [-0.3, -0.25) is 4.90 Å². The Balaban J connectivity index is 2.08. The van der Waals surface area contributed by atoms with Crippen molar-refractivity contribution in [1.82, 2.24) is 15.1 Å². The van der Waals surface area contributed by atoms with Crippen molar-refractivity contribution in [3.63, 3.8) is 0 Å². The maximum absolute atomic E-state index is 5.56. The minimum Gasteiger partial charge on any atom is -0.493 e. The first-order valence-corrected chi connectivity index (χ1v) is 8.02. The van der Waals surface area contributed by atoms with Crippen molar-refractivity contribution in [2.45, 2.75) is 6.54 Å². The largest absolute Gasteiger partial charge is 0.493 e. The monoisotopic (exact) mass is 339 g/mol. The second-order valence-electron chi connectivity index (χ2n) is 5.31. The molecule has 2 rings (SSSR count). The summed E-state index contributed by atoms with van der Waals surface area (Å²) in [6.45, 7) is 4.58. The van der Waals surface area contributed by atoms with E-state index in [-0.39, 0.29) is 0 Å². The highest BCUT2D eigenvalue weighted by atomic mass is 32.1. The van der Waals surface area contributed by atoms with Crippen molar-refractivity contribution in [1.29, 1.82) is 0 Å². The van der Waals surface area contributed by atoms with E-state index in [4.69, 9.17) is 26.4 Å². The molecule has 1 aliphatic rings. The minimum atomic E-state index is 0.641. The molecule has 7 heteroatoms. The van der Waals surface area contributed by atoms with Gasteiger partial charge < -0.3 is 24.4 Å². The molecule has 6 nitrogen and oxygen atoms in total. The lowest BCUT2D eigenvalue weighted by atomic mass is 10.1. The summed E-state index contributed by atoms with van der Waals surface area (Å²) in [6, 6.07) is 3.95. The number of piperazine rings is 1. The van der Waals surface area contributed by atoms with Gasteiger partial charge in [-0.1, -0.05) is 6.07 Å². The fourth-order valence-corrected chi connectivity index (χ4v) is 2.98. The van der Waals surface area contributed by atoms with Gasteiger partial charge in [-0.2, -0.15) is 0 Å². The Morgan fingerprint density at radius 2 is 1.70 bits per heavy atom. The third-order valence-electron chi connectivity index (χ3n) is 4.05. The van der Waals surface area contributed by atoms with Gasteiger partial charge in [0.25, 0.3) is 0 Å². The first kappa shape index (κ1) is 17.6. The van der Waals surface area contributed by atoms with Gasteiger partial charge >= 0.3 is 0 Å². The lowest BCUT2D eigenvalue weighted by Crippen LogP contribution is -2.50. The zero-order chi connectivity index (χ0) is 16.8. The van der Waals surface area contributed by atoms with E-state index >= 15 is 0 Å². The van der Waals surface area contributed by atoms with E-state index in [0.717, 1.165) is 49.1 Å². The zero-order valence-corrected chi connectivity index (χ0v) is 15.0. The number of benzene rings is 1. The van der Waals surface area contributed by atoms with Crippen LogP contribution in [-0.4, -0.2) is 69.5 Å². The number of hydrogen-bond donors (Lipinski definition) is 1. The predicted molar refractivity (Wildman–Crippen MR) is 94.6 cm³/mol. The summed E-state index contributed by atoms with van der Waals surface area (Å²) >= 11 is 5.29. The highest BCUT2D eigenvalue weighted by molar-refractivity contribution is 7.80. The van der Waals surface area contributed by atoms with Crippen molar-refractivity contribution in [3.8, 4) is 17.2 Å². The molecule has 1 N–H and O–H groups in total. The van der Waals surface area contributed by atoms with Crippen LogP contribution >= 0.6 is 12.2 Å². The average molecular weight is 339 g/mol. The molecule has 1 heterocycles. The molecule has 0 bridgehead atoms. The quantitative estimate of drug-likeness (QED) is 0.812. The third-order valence-corrected chi connectivity index (χ3v) is 4.52. The molecule has 0 radical (unpaired) electrons. The van der Waals surface area contributed by atoms with Gasteiger partial charge in [-0.25, -0.2) is 0 Å². The number of nitrogens with zero attached hydrogens (tertiary/aromatic N) is 2. The van der Waals surface area contributed by atoms with E-state index in [1.807, 2.05) is 19.2 Å². The topological polar surface area (TPSA) is 46.2 Å². The van der Waals surface area contributed by atoms with Crippen LogP contribution < -0.4 is 19.5 Å². The van der Waals surface area contributed by atoms with E-state index in [1.165, 1.54) is 0 Å². The molecule has 0 aromatic heterocycles. The molecule has 0 atom stereocenters. The van der Waals surface area contributed by atoms with E-state index in [9.17, 15) is 0 Å². The van der Waals surface area contributed by atoms with Gasteiger partial charge in [0.05, 0.1) is 21.3 Å². The van der Waals surface area contributed by atoms with Crippen molar-refractivity contribution in [2.75, 3.05) is 54.6 Å². The van der Waals surface area contributed by atoms with Crippen LogP contribution in [0.5, 0.6) is 17.2 Å². The van der Waals surface area contributed by atoms with E-state index < -0.39 is 0 Å². The highest BCUT2D eigenvalue weighted by Gasteiger charge is 2.21. The Morgan fingerprint density at radius 3 is 2.22 bits per heavy atom. The van der Waals surface area contributed by atoms with Crippen LogP contribution in [0.1, 0.15) is 5.56 Å². The van der Waals surface area contributed by atoms with E-state index in [2.05, 4.69) is 15.1 Å². The molecular formula is C16H25N3O3S. The Morgan fingerprint density at radius 1 is 1.04 bits per heavy atom. The molecule has 1 aromatic carbocycles. The Kier molecular flexibility index (Phi) is 6.29. The maximum Gasteiger partial charge on any atom is 0.203 e. The molecule has 0 unspecified atom stereocenters. The van der Waals surface area contributed by atoms with Crippen LogP contribution in [0, 0.1) is 0 Å². The minimum absolute atomic E-state index is 0.641. The fraction of sp³-hybridized carbons (Fsp3) is 0.562. The molecule has 0 aliphatic carbocycles. The second-order valence-corrected chi connectivity index (χ2v) is 5.70. The third kappa shape index (κ3) is 3.97. The van der Waals surface area contributed by atoms with Gasteiger partial charge in [0.15, 0.2) is 16.6 Å². The molecular weight excluding hydrogens is 314 g/mol. The number of hydrogen-bond acceptors (Lipinski definition) is 5. The van der Waals surface area contributed by atoms with Crippen molar-refractivity contribution < 1.29 is 14.2 Å². The van der Waals surface area contributed by atoms with Crippen molar-refractivity contribution in [3.05, 3.63) is 17.7 Å².